The number of hydrogen-bond donors (Lipinski definition) is 9. The van der Waals surface area contributed by atoms with Crippen molar-refractivity contribution in [2.24, 2.45) is 11.5 Å². The van der Waals surface area contributed by atoms with Gasteiger partial charge in [-0.2, -0.15) is 0 Å². The van der Waals surface area contributed by atoms with Crippen LogP contribution < -0.4 is 27.4 Å². The van der Waals surface area contributed by atoms with Gasteiger partial charge < -0.3 is 47.8 Å². The third-order valence-electron chi connectivity index (χ3n) is 3.87. The molecule has 0 aromatic rings. The number of carbonyl (C=O) groups excluding carboxylic acids is 4. The summed E-state index contributed by atoms with van der Waals surface area (Å²) in [4.78, 5) is 80.9. The Morgan fingerprint density at radius 3 is 1.47 bits per heavy atom. The SMILES string of the molecule is CC(O)C(N)C(=O)NC(CC(=O)O)C(=O)NC(CC(N)=O)C(=O)NC(CC(=O)O)C(=O)O. The molecule has 0 spiro atoms. The summed E-state index contributed by atoms with van der Waals surface area (Å²) in [5, 5.41) is 41.8. The fraction of sp³-hybridized carbons (Fsp3) is 0.562. The maximum Gasteiger partial charge on any atom is 0.326 e. The number of aliphatic hydroxyl groups excluding tert-OH is 1. The molecule has 0 radical (unpaired) electrons. The van der Waals surface area contributed by atoms with Gasteiger partial charge in [0.15, 0.2) is 0 Å². The number of aliphatic hydroxyl groups is 1. The van der Waals surface area contributed by atoms with E-state index in [9.17, 15) is 38.7 Å². The number of amides is 4. The Hall–Kier alpha value is -3.79. The molecular weight excluding hydrogens is 438 g/mol. The Labute approximate surface area is 180 Å². The molecule has 0 aliphatic carbocycles. The number of carboxylic acid groups (broad SMARTS) is 3. The molecule has 0 aliphatic heterocycles. The Morgan fingerprint density at radius 2 is 1.09 bits per heavy atom. The van der Waals surface area contributed by atoms with Crippen molar-refractivity contribution in [3.8, 4) is 0 Å². The number of carbonyl (C=O) groups is 7. The van der Waals surface area contributed by atoms with Gasteiger partial charge in [-0.3, -0.25) is 28.8 Å². The molecule has 16 nitrogen and oxygen atoms in total. The van der Waals surface area contributed by atoms with Crippen LogP contribution >= 0.6 is 0 Å². The number of hydrogen-bond acceptors (Lipinski definition) is 9. The van der Waals surface area contributed by atoms with Gasteiger partial charge in [0, 0.05) is 0 Å². The van der Waals surface area contributed by atoms with E-state index >= 15 is 0 Å². The molecular formula is C16H25N5O11. The highest BCUT2D eigenvalue weighted by atomic mass is 16.4. The van der Waals surface area contributed by atoms with Crippen LogP contribution in [0.2, 0.25) is 0 Å². The van der Waals surface area contributed by atoms with Gasteiger partial charge in [0.2, 0.25) is 23.6 Å². The fourth-order valence-electron chi connectivity index (χ4n) is 2.20. The molecule has 0 saturated carbocycles. The van der Waals surface area contributed by atoms with Gasteiger partial charge in [-0.05, 0) is 6.92 Å². The summed E-state index contributed by atoms with van der Waals surface area (Å²) in [7, 11) is 0. The van der Waals surface area contributed by atoms with Crippen molar-refractivity contribution in [3.05, 3.63) is 0 Å². The van der Waals surface area contributed by atoms with Crippen LogP contribution in [0.15, 0.2) is 0 Å². The van der Waals surface area contributed by atoms with Crippen LogP contribution in [0.4, 0.5) is 0 Å². The number of primary amides is 1. The summed E-state index contributed by atoms with van der Waals surface area (Å²) in [6.45, 7) is 1.17. The molecule has 5 atom stereocenters. The lowest BCUT2D eigenvalue weighted by Crippen LogP contribution is -2.59. The van der Waals surface area contributed by atoms with E-state index in [4.69, 9.17) is 26.8 Å². The standard InChI is InChI=1S/C16H25N5O11/c1-5(22)12(18)15(30)20-7(3-10(24)25)14(29)19-6(2-9(17)23)13(28)21-8(16(31)32)4-11(26)27/h5-8,12,22H,2-4,18H2,1H3,(H2,17,23)(H,19,29)(H,20,30)(H,21,28)(H,24,25)(H,26,27)(H,31,32). The van der Waals surface area contributed by atoms with Gasteiger partial charge in [-0.25, -0.2) is 4.79 Å². The molecule has 0 rings (SSSR count). The smallest absolute Gasteiger partial charge is 0.326 e. The van der Waals surface area contributed by atoms with Crippen molar-refractivity contribution < 1.29 is 54.0 Å². The first-order chi connectivity index (χ1) is 14.6. The zero-order chi connectivity index (χ0) is 25.2. The minimum atomic E-state index is -1.91. The zero-order valence-electron chi connectivity index (χ0n) is 16.8. The van der Waals surface area contributed by atoms with Crippen molar-refractivity contribution in [1.82, 2.24) is 16.0 Å². The Morgan fingerprint density at radius 1 is 0.719 bits per heavy atom. The molecule has 180 valence electrons. The lowest BCUT2D eigenvalue weighted by molar-refractivity contribution is -0.147. The summed E-state index contributed by atoms with van der Waals surface area (Å²) in [5.74, 6) is -9.61. The predicted molar refractivity (Wildman–Crippen MR) is 101 cm³/mol. The number of carboxylic acids is 3. The Kier molecular flexibility index (Phi) is 11.3. The second-order valence-corrected chi connectivity index (χ2v) is 6.65. The molecule has 16 heteroatoms. The zero-order valence-corrected chi connectivity index (χ0v) is 16.8. The van der Waals surface area contributed by atoms with Crippen LogP contribution in [0.3, 0.4) is 0 Å². The van der Waals surface area contributed by atoms with Crippen molar-refractivity contribution in [3.63, 3.8) is 0 Å². The predicted octanol–water partition coefficient (Wildman–Crippen LogP) is -4.94. The van der Waals surface area contributed by atoms with Crippen LogP contribution in [-0.4, -0.2) is 92.2 Å². The molecule has 0 fully saturated rings. The monoisotopic (exact) mass is 463 g/mol. The summed E-state index contributed by atoms with van der Waals surface area (Å²) in [6.07, 6.45) is -4.21. The minimum absolute atomic E-state index is 0.863. The van der Waals surface area contributed by atoms with Gasteiger partial charge in [-0.15, -0.1) is 0 Å². The van der Waals surface area contributed by atoms with E-state index in [1.54, 1.807) is 0 Å². The van der Waals surface area contributed by atoms with E-state index < -0.39 is 91.1 Å². The topological polar surface area (TPSA) is 289 Å². The number of nitrogens with two attached hydrogens (primary N) is 2. The van der Waals surface area contributed by atoms with Crippen molar-refractivity contribution in [1.29, 1.82) is 0 Å². The van der Waals surface area contributed by atoms with E-state index in [2.05, 4.69) is 0 Å². The first-order valence-electron chi connectivity index (χ1n) is 8.95. The number of nitrogens with one attached hydrogen (secondary N) is 3. The second-order valence-electron chi connectivity index (χ2n) is 6.65. The van der Waals surface area contributed by atoms with Crippen LogP contribution in [0.25, 0.3) is 0 Å². The van der Waals surface area contributed by atoms with Gasteiger partial charge in [-0.1, -0.05) is 0 Å². The Bertz CT molecular complexity index is 769. The molecule has 0 heterocycles. The average Bonchev–Trinajstić information content (AvgIpc) is 2.64. The van der Waals surface area contributed by atoms with Gasteiger partial charge in [0.1, 0.15) is 24.2 Å². The molecule has 0 saturated heterocycles. The second kappa shape index (κ2) is 12.8. The highest BCUT2D eigenvalue weighted by Crippen LogP contribution is 2.02. The van der Waals surface area contributed by atoms with Crippen LogP contribution in [0.1, 0.15) is 26.2 Å². The molecule has 0 bridgehead atoms. The highest BCUT2D eigenvalue weighted by Gasteiger charge is 2.33. The number of rotatable bonds is 14. The van der Waals surface area contributed by atoms with E-state index in [1.165, 1.54) is 6.92 Å². The van der Waals surface area contributed by atoms with Gasteiger partial charge in [0.05, 0.1) is 25.4 Å². The van der Waals surface area contributed by atoms with E-state index in [1.807, 2.05) is 16.0 Å². The minimum Gasteiger partial charge on any atom is -0.481 e. The van der Waals surface area contributed by atoms with Crippen molar-refractivity contribution in [2.45, 2.75) is 56.5 Å². The van der Waals surface area contributed by atoms with Gasteiger partial charge >= 0.3 is 17.9 Å². The summed E-state index contributed by atoms with van der Waals surface area (Å²) in [5.41, 5.74) is 10.4. The van der Waals surface area contributed by atoms with Crippen molar-refractivity contribution >= 4 is 41.5 Å². The van der Waals surface area contributed by atoms with Crippen LogP contribution in [-0.2, 0) is 33.6 Å². The molecule has 0 aliphatic rings. The fourth-order valence-corrected chi connectivity index (χ4v) is 2.20. The molecule has 32 heavy (non-hydrogen) atoms. The van der Waals surface area contributed by atoms with E-state index in [-0.39, 0.29) is 0 Å². The Balaban J connectivity index is 5.58. The van der Waals surface area contributed by atoms with Crippen molar-refractivity contribution in [2.75, 3.05) is 0 Å². The average molecular weight is 463 g/mol. The lowest BCUT2D eigenvalue weighted by atomic mass is 10.1. The van der Waals surface area contributed by atoms with Crippen LogP contribution in [0, 0.1) is 0 Å². The molecule has 5 unspecified atom stereocenters. The first-order valence-corrected chi connectivity index (χ1v) is 8.95. The number of aliphatic carboxylic acids is 3. The molecule has 0 aromatic carbocycles. The van der Waals surface area contributed by atoms with E-state index in [0.29, 0.717) is 0 Å². The summed E-state index contributed by atoms with van der Waals surface area (Å²) in [6, 6.07) is -7.06. The molecule has 4 amide bonds. The molecule has 0 aromatic heterocycles. The third kappa shape index (κ3) is 10.3. The highest BCUT2D eigenvalue weighted by molar-refractivity contribution is 5.97. The third-order valence-corrected chi connectivity index (χ3v) is 3.87. The first kappa shape index (κ1) is 28.2. The lowest BCUT2D eigenvalue weighted by Gasteiger charge is -2.24. The maximum absolute atomic E-state index is 12.5. The largest absolute Gasteiger partial charge is 0.481 e. The summed E-state index contributed by atoms with van der Waals surface area (Å²) >= 11 is 0. The van der Waals surface area contributed by atoms with Gasteiger partial charge in [0.25, 0.3) is 0 Å². The maximum atomic E-state index is 12.5. The molecule has 11 N–H and O–H groups in total. The summed E-state index contributed by atoms with van der Waals surface area (Å²) < 4.78 is 0. The quantitative estimate of drug-likeness (QED) is 0.117. The van der Waals surface area contributed by atoms with E-state index in [0.717, 1.165) is 0 Å². The van der Waals surface area contributed by atoms with Crippen LogP contribution in [0.5, 0.6) is 0 Å². The normalized spacial score (nSPS) is 15.2.